The van der Waals surface area contributed by atoms with Gasteiger partial charge in [-0.15, -0.1) is 0 Å². The van der Waals surface area contributed by atoms with Gasteiger partial charge in [-0.3, -0.25) is 4.79 Å². The van der Waals surface area contributed by atoms with Crippen molar-refractivity contribution >= 4 is 32.6 Å². The van der Waals surface area contributed by atoms with Crippen LogP contribution in [0.2, 0.25) is 0 Å². The summed E-state index contributed by atoms with van der Waals surface area (Å²) in [5, 5.41) is 0.696. The lowest BCUT2D eigenvalue weighted by atomic mass is 10.0. The van der Waals surface area contributed by atoms with Crippen molar-refractivity contribution in [2.75, 3.05) is 7.11 Å². The van der Waals surface area contributed by atoms with Gasteiger partial charge in [0.2, 0.25) is 0 Å². The van der Waals surface area contributed by atoms with Crippen molar-refractivity contribution in [3.8, 4) is 5.75 Å². The molecule has 0 fully saturated rings. The van der Waals surface area contributed by atoms with Gasteiger partial charge in [0.1, 0.15) is 11.6 Å². The van der Waals surface area contributed by atoms with E-state index in [0.717, 1.165) is 5.52 Å². The van der Waals surface area contributed by atoms with Crippen LogP contribution in [0.5, 0.6) is 5.75 Å². The normalized spacial score (nSPS) is 10.8. The highest BCUT2D eigenvalue weighted by Crippen LogP contribution is 2.31. The minimum atomic E-state index is -0.451. The van der Waals surface area contributed by atoms with E-state index in [1.807, 2.05) is 12.1 Å². The Labute approximate surface area is 128 Å². The fraction of sp³-hybridized carbons (Fsp3) is 0.0625. The average molecular weight is 348 g/mol. The lowest BCUT2D eigenvalue weighted by Gasteiger charge is -2.06. The Morgan fingerprint density at radius 2 is 2.05 bits per heavy atom. The molecule has 3 rings (SSSR count). The monoisotopic (exact) mass is 347 g/mol. The summed E-state index contributed by atoms with van der Waals surface area (Å²) in [4.78, 5) is 15.7. The number of benzene rings is 2. The van der Waals surface area contributed by atoms with Gasteiger partial charge in [0, 0.05) is 21.7 Å². The summed E-state index contributed by atoms with van der Waals surface area (Å²) in [6.07, 6.45) is 1.62. The van der Waals surface area contributed by atoms with Gasteiger partial charge in [0.25, 0.3) is 0 Å². The SMILES string of the molecule is COc1cccc2[nH]cc(C(=O)c3cc(F)ccc3Br)c12. The number of carbonyl (C=O) groups excluding carboxylic acids is 1. The van der Waals surface area contributed by atoms with E-state index in [0.29, 0.717) is 21.2 Å². The van der Waals surface area contributed by atoms with Crippen molar-refractivity contribution in [1.82, 2.24) is 4.98 Å². The van der Waals surface area contributed by atoms with Gasteiger partial charge in [-0.25, -0.2) is 4.39 Å². The number of rotatable bonds is 3. The Kier molecular flexibility index (Phi) is 3.51. The molecule has 0 aliphatic heterocycles. The van der Waals surface area contributed by atoms with Crippen LogP contribution >= 0.6 is 15.9 Å². The number of fused-ring (bicyclic) bond motifs is 1. The second-order valence-corrected chi connectivity index (χ2v) is 5.39. The fourth-order valence-electron chi connectivity index (χ4n) is 2.32. The number of ketones is 1. The molecule has 5 heteroatoms. The van der Waals surface area contributed by atoms with Crippen LogP contribution in [0.25, 0.3) is 10.9 Å². The largest absolute Gasteiger partial charge is 0.496 e. The van der Waals surface area contributed by atoms with Gasteiger partial charge in [-0.2, -0.15) is 0 Å². The first kappa shape index (κ1) is 13.8. The number of halogens is 2. The first-order valence-electron chi connectivity index (χ1n) is 6.25. The Hall–Kier alpha value is -2.14. The maximum atomic E-state index is 13.4. The number of H-pyrrole nitrogens is 1. The molecule has 106 valence electrons. The van der Waals surface area contributed by atoms with Crippen molar-refractivity contribution in [2.45, 2.75) is 0 Å². The number of methoxy groups -OCH3 is 1. The van der Waals surface area contributed by atoms with Gasteiger partial charge in [0.05, 0.1) is 18.1 Å². The Balaban J connectivity index is 2.20. The molecule has 21 heavy (non-hydrogen) atoms. The molecule has 3 aromatic rings. The molecule has 0 saturated carbocycles. The van der Waals surface area contributed by atoms with Crippen LogP contribution in [-0.2, 0) is 0 Å². The molecule has 0 aliphatic carbocycles. The van der Waals surface area contributed by atoms with Crippen LogP contribution < -0.4 is 4.74 Å². The zero-order valence-electron chi connectivity index (χ0n) is 11.1. The summed E-state index contributed by atoms with van der Waals surface area (Å²) < 4.78 is 19.3. The molecule has 1 heterocycles. The van der Waals surface area contributed by atoms with Crippen molar-refractivity contribution in [3.05, 3.63) is 64.0 Å². The van der Waals surface area contributed by atoms with E-state index in [9.17, 15) is 9.18 Å². The topological polar surface area (TPSA) is 42.1 Å². The van der Waals surface area contributed by atoms with Crippen LogP contribution in [0.3, 0.4) is 0 Å². The summed E-state index contributed by atoms with van der Waals surface area (Å²) >= 11 is 3.29. The van der Waals surface area contributed by atoms with Crippen molar-refractivity contribution in [1.29, 1.82) is 0 Å². The molecule has 0 unspecified atom stereocenters. The molecular weight excluding hydrogens is 337 g/mol. The van der Waals surface area contributed by atoms with Crippen molar-refractivity contribution in [2.24, 2.45) is 0 Å². The van der Waals surface area contributed by atoms with Gasteiger partial charge in [-0.05, 0) is 30.3 Å². The van der Waals surface area contributed by atoms with Gasteiger partial charge < -0.3 is 9.72 Å². The van der Waals surface area contributed by atoms with E-state index < -0.39 is 5.82 Å². The molecular formula is C16H11BrFNO2. The quantitative estimate of drug-likeness (QED) is 0.717. The summed E-state index contributed by atoms with van der Waals surface area (Å²) in [6, 6.07) is 9.53. The van der Waals surface area contributed by atoms with Crippen LogP contribution in [-0.4, -0.2) is 17.9 Å². The zero-order chi connectivity index (χ0) is 15.0. The molecule has 0 aliphatic rings. The fourth-order valence-corrected chi connectivity index (χ4v) is 2.74. The number of hydrogen-bond acceptors (Lipinski definition) is 2. The highest BCUT2D eigenvalue weighted by Gasteiger charge is 2.19. The van der Waals surface area contributed by atoms with Crippen molar-refractivity contribution in [3.63, 3.8) is 0 Å². The van der Waals surface area contributed by atoms with E-state index in [-0.39, 0.29) is 11.3 Å². The highest BCUT2D eigenvalue weighted by molar-refractivity contribution is 9.10. The van der Waals surface area contributed by atoms with Crippen LogP contribution in [0, 0.1) is 5.82 Å². The number of ether oxygens (including phenoxy) is 1. The van der Waals surface area contributed by atoms with Gasteiger partial charge in [0.15, 0.2) is 5.78 Å². The lowest BCUT2D eigenvalue weighted by Crippen LogP contribution is -2.02. The van der Waals surface area contributed by atoms with Gasteiger partial charge in [-0.1, -0.05) is 22.0 Å². The molecule has 0 amide bonds. The molecule has 1 aromatic heterocycles. The van der Waals surface area contributed by atoms with Crippen LogP contribution in [0.1, 0.15) is 15.9 Å². The summed E-state index contributed by atoms with van der Waals surface area (Å²) in [5.41, 5.74) is 1.53. The first-order chi connectivity index (χ1) is 10.1. The third kappa shape index (κ3) is 2.34. The number of hydrogen-bond donors (Lipinski definition) is 1. The zero-order valence-corrected chi connectivity index (χ0v) is 12.7. The molecule has 1 N–H and O–H groups in total. The van der Waals surface area contributed by atoms with Crippen molar-refractivity contribution < 1.29 is 13.9 Å². The Bertz CT molecular complexity index is 841. The van der Waals surface area contributed by atoms with E-state index in [2.05, 4.69) is 20.9 Å². The van der Waals surface area contributed by atoms with E-state index in [1.165, 1.54) is 18.2 Å². The second-order valence-electron chi connectivity index (χ2n) is 4.54. The molecule has 0 atom stereocenters. The molecule has 2 aromatic carbocycles. The summed E-state index contributed by atoms with van der Waals surface area (Å²) in [5.74, 6) is -0.116. The molecule has 0 spiro atoms. The summed E-state index contributed by atoms with van der Waals surface area (Å²) in [6.45, 7) is 0. The molecule has 0 bridgehead atoms. The summed E-state index contributed by atoms with van der Waals surface area (Å²) in [7, 11) is 1.55. The number of aromatic amines is 1. The van der Waals surface area contributed by atoms with Crippen LogP contribution in [0.4, 0.5) is 4.39 Å². The maximum Gasteiger partial charge on any atom is 0.196 e. The molecule has 0 radical (unpaired) electrons. The van der Waals surface area contributed by atoms with Crippen LogP contribution in [0.15, 0.2) is 47.1 Å². The molecule has 3 nitrogen and oxygen atoms in total. The highest BCUT2D eigenvalue weighted by atomic mass is 79.9. The number of aromatic nitrogens is 1. The Morgan fingerprint density at radius 1 is 1.24 bits per heavy atom. The van der Waals surface area contributed by atoms with Gasteiger partial charge >= 0.3 is 0 Å². The predicted octanol–water partition coefficient (Wildman–Crippen LogP) is 4.31. The van der Waals surface area contributed by atoms with E-state index in [1.54, 1.807) is 19.4 Å². The number of carbonyl (C=O) groups is 1. The lowest BCUT2D eigenvalue weighted by molar-refractivity contribution is 0.103. The third-order valence-electron chi connectivity index (χ3n) is 3.31. The maximum absolute atomic E-state index is 13.4. The smallest absolute Gasteiger partial charge is 0.196 e. The standard InChI is InChI=1S/C16H11BrFNO2/c1-21-14-4-2-3-13-15(14)11(8-19-13)16(20)10-7-9(18)5-6-12(10)17/h2-8,19H,1H3. The number of nitrogens with one attached hydrogen (secondary N) is 1. The Morgan fingerprint density at radius 3 is 2.81 bits per heavy atom. The predicted molar refractivity (Wildman–Crippen MR) is 82.4 cm³/mol. The average Bonchev–Trinajstić information content (AvgIpc) is 2.93. The third-order valence-corrected chi connectivity index (χ3v) is 4.00. The molecule has 0 saturated heterocycles. The van der Waals surface area contributed by atoms with E-state index >= 15 is 0 Å². The first-order valence-corrected chi connectivity index (χ1v) is 7.05. The minimum absolute atomic E-state index is 0.267. The second kappa shape index (κ2) is 5.33. The van der Waals surface area contributed by atoms with E-state index in [4.69, 9.17) is 4.74 Å². The minimum Gasteiger partial charge on any atom is -0.496 e.